The predicted octanol–water partition coefficient (Wildman–Crippen LogP) is 2.91. The molecule has 1 amide bonds. The quantitative estimate of drug-likeness (QED) is 0.412. The molecule has 0 aliphatic rings. The van der Waals surface area contributed by atoms with E-state index in [0.29, 0.717) is 22.8 Å². The molecule has 0 fully saturated rings. The van der Waals surface area contributed by atoms with Crippen LogP contribution in [0, 0.1) is 0 Å². The summed E-state index contributed by atoms with van der Waals surface area (Å²) in [5, 5.41) is 20.2. The first-order valence-corrected chi connectivity index (χ1v) is 10.4. The van der Waals surface area contributed by atoms with E-state index in [-0.39, 0.29) is 11.5 Å². The molecule has 0 saturated carbocycles. The van der Waals surface area contributed by atoms with E-state index < -0.39 is 18.1 Å². The Morgan fingerprint density at radius 3 is 2.44 bits per heavy atom. The summed E-state index contributed by atoms with van der Waals surface area (Å²) in [7, 11) is 1.59. The number of carboxylic acid groups (broad SMARTS) is 1. The second kappa shape index (κ2) is 9.90. The van der Waals surface area contributed by atoms with Gasteiger partial charge in [-0.1, -0.05) is 23.4 Å². The Kier molecular flexibility index (Phi) is 6.58. The van der Waals surface area contributed by atoms with Gasteiger partial charge in [0.05, 0.1) is 36.3 Å². The van der Waals surface area contributed by atoms with Crippen molar-refractivity contribution in [1.29, 1.82) is 0 Å². The highest BCUT2D eigenvalue weighted by Crippen LogP contribution is 2.24. The van der Waals surface area contributed by atoms with Crippen LogP contribution in [0.25, 0.3) is 11.4 Å². The number of rotatable bonds is 8. The first kappa shape index (κ1) is 22.6. The molecule has 10 nitrogen and oxygen atoms in total. The highest BCUT2D eigenvalue weighted by molar-refractivity contribution is 5.87. The number of nitrogens with zero attached hydrogens (tertiary/aromatic N) is 5. The summed E-state index contributed by atoms with van der Waals surface area (Å²) in [6.07, 6.45) is 4.52. The summed E-state index contributed by atoms with van der Waals surface area (Å²) in [5.74, 6) is -0.632. The van der Waals surface area contributed by atoms with Crippen LogP contribution in [0.5, 0.6) is 5.75 Å². The number of methoxy groups -OCH3 is 1. The molecule has 34 heavy (non-hydrogen) atoms. The third-order valence-corrected chi connectivity index (χ3v) is 5.28. The monoisotopic (exact) mass is 458 g/mol. The number of nitrogens with one attached hydrogen (secondary N) is 1. The molecule has 3 heterocycles. The smallest absolute Gasteiger partial charge is 0.337 e. The third kappa shape index (κ3) is 4.90. The Balaban J connectivity index is 1.54. The van der Waals surface area contributed by atoms with Gasteiger partial charge in [0.25, 0.3) is 0 Å². The second-order valence-electron chi connectivity index (χ2n) is 7.47. The van der Waals surface area contributed by atoms with Crippen molar-refractivity contribution in [1.82, 2.24) is 30.3 Å². The van der Waals surface area contributed by atoms with Crippen LogP contribution in [-0.4, -0.2) is 49.1 Å². The van der Waals surface area contributed by atoms with Gasteiger partial charge in [0.1, 0.15) is 17.5 Å². The van der Waals surface area contributed by atoms with Gasteiger partial charge < -0.3 is 15.2 Å². The van der Waals surface area contributed by atoms with Crippen LogP contribution in [0.4, 0.5) is 0 Å². The molecule has 4 aromatic rings. The molecule has 0 spiro atoms. The lowest BCUT2D eigenvalue weighted by Gasteiger charge is -2.21. The third-order valence-electron chi connectivity index (χ3n) is 5.28. The molecule has 2 unspecified atom stereocenters. The molecule has 0 aliphatic carbocycles. The minimum atomic E-state index is -1.06. The molecule has 0 bridgehead atoms. The van der Waals surface area contributed by atoms with Crippen LogP contribution < -0.4 is 10.1 Å². The van der Waals surface area contributed by atoms with E-state index in [1.54, 1.807) is 32.5 Å². The van der Waals surface area contributed by atoms with Crippen molar-refractivity contribution < 1.29 is 19.4 Å². The summed E-state index contributed by atoms with van der Waals surface area (Å²) in [5.41, 5.74) is 2.49. The zero-order chi connectivity index (χ0) is 24.1. The molecule has 0 radical (unpaired) electrons. The van der Waals surface area contributed by atoms with E-state index in [1.165, 1.54) is 16.9 Å². The molecule has 2 N–H and O–H groups in total. The van der Waals surface area contributed by atoms with Crippen LogP contribution in [0.3, 0.4) is 0 Å². The summed E-state index contributed by atoms with van der Waals surface area (Å²) in [6.45, 7) is 1.71. The maximum atomic E-state index is 13.2. The molecule has 3 aromatic heterocycles. The highest BCUT2D eigenvalue weighted by atomic mass is 16.5. The molecular formula is C24H22N6O4. The van der Waals surface area contributed by atoms with Crippen LogP contribution in [-0.2, 0) is 4.79 Å². The van der Waals surface area contributed by atoms with E-state index in [4.69, 9.17) is 9.84 Å². The predicted molar refractivity (Wildman–Crippen MR) is 122 cm³/mol. The average molecular weight is 458 g/mol. The van der Waals surface area contributed by atoms with Crippen LogP contribution in [0.1, 0.15) is 40.6 Å². The van der Waals surface area contributed by atoms with Gasteiger partial charge in [-0.25, -0.2) is 9.48 Å². The van der Waals surface area contributed by atoms with Crippen molar-refractivity contribution in [3.05, 3.63) is 90.0 Å². The maximum absolute atomic E-state index is 13.2. The summed E-state index contributed by atoms with van der Waals surface area (Å²) in [6, 6.07) is 14.8. The van der Waals surface area contributed by atoms with E-state index >= 15 is 0 Å². The van der Waals surface area contributed by atoms with Crippen molar-refractivity contribution in [3.8, 4) is 17.1 Å². The number of carbonyl (C=O) groups excluding carboxylic acids is 1. The molecule has 1 aromatic carbocycles. The Bertz CT molecular complexity index is 1270. The number of amides is 1. The van der Waals surface area contributed by atoms with Crippen molar-refractivity contribution in [2.45, 2.75) is 19.0 Å². The molecule has 4 rings (SSSR count). The standard InChI is InChI=1S/C24H22N6O4/c1-15(30-14-21(28-29-30)19-11-8-17(13-26-19)24(32)33)23(31)27-22(20-5-3-4-12-25-20)16-6-9-18(34-2)10-7-16/h3-15,22H,1-2H3,(H,27,31)(H,32,33). The lowest BCUT2D eigenvalue weighted by atomic mass is 10.0. The SMILES string of the molecule is COc1ccc(C(NC(=O)C(C)n2cc(-c3ccc(C(=O)O)cn3)nn2)c2ccccn2)cc1. The maximum Gasteiger partial charge on any atom is 0.337 e. The number of carboxylic acids is 1. The molecule has 0 saturated heterocycles. The normalized spacial score (nSPS) is 12.5. The lowest BCUT2D eigenvalue weighted by Crippen LogP contribution is -2.35. The van der Waals surface area contributed by atoms with E-state index in [2.05, 4.69) is 25.6 Å². The van der Waals surface area contributed by atoms with Gasteiger partial charge in [-0.3, -0.25) is 14.8 Å². The minimum absolute atomic E-state index is 0.0722. The zero-order valence-corrected chi connectivity index (χ0v) is 18.5. The summed E-state index contributed by atoms with van der Waals surface area (Å²) >= 11 is 0. The summed E-state index contributed by atoms with van der Waals surface area (Å²) in [4.78, 5) is 32.7. The fraction of sp³-hybridized carbons (Fsp3) is 0.167. The largest absolute Gasteiger partial charge is 0.497 e. The van der Waals surface area contributed by atoms with Crippen molar-refractivity contribution in [2.24, 2.45) is 0 Å². The van der Waals surface area contributed by atoms with Crippen molar-refractivity contribution in [2.75, 3.05) is 7.11 Å². The van der Waals surface area contributed by atoms with E-state index in [1.807, 2.05) is 42.5 Å². The van der Waals surface area contributed by atoms with E-state index in [0.717, 1.165) is 5.56 Å². The van der Waals surface area contributed by atoms with Gasteiger partial charge in [-0.2, -0.15) is 0 Å². The Hall–Kier alpha value is -4.60. The van der Waals surface area contributed by atoms with Gasteiger partial charge in [0, 0.05) is 12.4 Å². The van der Waals surface area contributed by atoms with Gasteiger partial charge >= 0.3 is 5.97 Å². The number of hydrogen-bond donors (Lipinski definition) is 2. The number of aromatic nitrogens is 5. The number of ether oxygens (including phenoxy) is 1. The first-order chi connectivity index (χ1) is 16.5. The Morgan fingerprint density at radius 1 is 1.03 bits per heavy atom. The number of aromatic carboxylic acids is 1. The molecule has 10 heteroatoms. The van der Waals surface area contributed by atoms with Crippen LogP contribution in [0.2, 0.25) is 0 Å². The van der Waals surface area contributed by atoms with Gasteiger partial charge in [0.15, 0.2) is 0 Å². The fourth-order valence-electron chi connectivity index (χ4n) is 3.31. The van der Waals surface area contributed by atoms with Crippen molar-refractivity contribution >= 4 is 11.9 Å². The van der Waals surface area contributed by atoms with Crippen LogP contribution in [0.15, 0.2) is 73.2 Å². The Morgan fingerprint density at radius 2 is 1.82 bits per heavy atom. The Labute approximate surface area is 195 Å². The minimum Gasteiger partial charge on any atom is -0.497 e. The van der Waals surface area contributed by atoms with Gasteiger partial charge in [-0.05, 0) is 48.9 Å². The van der Waals surface area contributed by atoms with Crippen LogP contribution >= 0.6 is 0 Å². The lowest BCUT2D eigenvalue weighted by molar-refractivity contribution is -0.124. The molecule has 0 aliphatic heterocycles. The summed E-state index contributed by atoms with van der Waals surface area (Å²) < 4.78 is 6.66. The fourth-order valence-corrected chi connectivity index (χ4v) is 3.31. The number of carbonyl (C=O) groups is 2. The number of hydrogen-bond acceptors (Lipinski definition) is 7. The number of benzene rings is 1. The zero-order valence-electron chi connectivity index (χ0n) is 18.5. The van der Waals surface area contributed by atoms with E-state index in [9.17, 15) is 9.59 Å². The average Bonchev–Trinajstić information content (AvgIpc) is 3.37. The molecular weight excluding hydrogens is 436 g/mol. The second-order valence-corrected chi connectivity index (χ2v) is 7.47. The molecule has 172 valence electrons. The molecule has 2 atom stereocenters. The number of pyridine rings is 2. The topological polar surface area (TPSA) is 132 Å². The van der Waals surface area contributed by atoms with Crippen molar-refractivity contribution in [3.63, 3.8) is 0 Å². The van der Waals surface area contributed by atoms with Gasteiger partial charge in [0.2, 0.25) is 5.91 Å². The van der Waals surface area contributed by atoms with Gasteiger partial charge in [-0.15, -0.1) is 5.10 Å². The first-order valence-electron chi connectivity index (χ1n) is 10.4. The highest BCUT2D eigenvalue weighted by Gasteiger charge is 2.24.